The predicted octanol–water partition coefficient (Wildman–Crippen LogP) is 5.65. The van der Waals surface area contributed by atoms with E-state index in [0.717, 1.165) is 10.0 Å². The molecule has 0 unspecified atom stereocenters. The molecule has 1 heterocycles. The van der Waals surface area contributed by atoms with Gasteiger partial charge in [0.15, 0.2) is 0 Å². The molecule has 0 atom stereocenters. The maximum Gasteiger partial charge on any atom is 0.320 e. The van der Waals surface area contributed by atoms with Crippen molar-refractivity contribution in [1.82, 2.24) is 10.2 Å². The number of anilines is 2. The lowest BCUT2D eigenvalue weighted by molar-refractivity contribution is 0.560. The molecule has 23 heavy (non-hydrogen) atoms. The van der Waals surface area contributed by atoms with Gasteiger partial charge in [0.1, 0.15) is 5.82 Å². The Morgan fingerprint density at radius 3 is 2.61 bits per heavy atom. The Morgan fingerprint density at radius 1 is 1.00 bits per heavy atom. The molecule has 0 aliphatic heterocycles. The minimum atomic E-state index is -0.372. The molecule has 0 aliphatic rings. The van der Waals surface area contributed by atoms with Crippen molar-refractivity contribution in [1.29, 1.82) is 0 Å². The third kappa shape index (κ3) is 4.05. The minimum absolute atomic E-state index is 0.193. The van der Waals surface area contributed by atoms with Crippen molar-refractivity contribution in [2.75, 3.05) is 5.32 Å². The topological polar surface area (TPSA) is 51.0 Å². The van der Waals surface area contributed by atoms with Crippen LogP contribution < -0.4 is 5.32 Å². The molecule has 4 nitrogen and oxygen atoms in total. The standard InChI is InChI=1S/C16H10Br2FN3O/c17-12-4-2-1-3-10(12)5-8-15-21-22-16(23-15)20-11-6-7-13(18)14(19)9-11/h1-9H,(H,20,22)/b8-5+. The van der Waals surface area contributed by atoms with E-state index < -0.39 is 0 Å². The van der Waals surface area contributed by atoms with Gasteiger partial charge in [0.25, 0.3) is 0 Å². The average molecular weight is 439 g/mol. The van der Waals surface area contributed by atoms with E-state index in [1.54, 1.807) is 18.2 Å². The Kier molecular flexibility index (Phi) is 4.88. The van der Waals surface area contributed by atoms with E-state index in [1.807, 2.05) is 30.3 Å². The fraction of sp³-hybridized carbons (Fsp3) is 0. The van der Waals surface area contributed by atoms with Crippen molar-refractivity contribution in [3.8, 4) is 0 Å². The average Bonchev–Trinajstić information content (AvgIpc) is 2.98. The highest BCUT2D eigenvalue weighted by Crippen LogP contribution is 2.23. The van der Waals surface area contributed by atoms with E-state index in [-0.39, 0.29) is 11.8 Å². The number of aromatic nitrogens is 2. The number of hydrogen-bond donors (Lipinski definition) is 1. The summed E-state index contributed by atoms with van der Waals surface area (Å²) in [5.41, 5.74) is 1.52. The molecule has 3 rings (SSSR count). The largest absolute Gasteiger partial charge is 0.404 e. The van der Waals surface area contributed by atoms with Crippen LogP contribution in [0.5, 0.6) is 0 Å². The van der Waals surface area contributed by atoms with Gasteiger partial charge in [-0.2, -0.15) is 0 Å². The number of hydrogen-bond acceptors (Lipinski definition) is 4. The highest BCUT2D eigenvalue weighted by molar-refractivity contribution is 9.10. The summed E-state index contributed by atoms with van der Waals surface area (Å²) >= 11 is 6.56. The van der Waals surface area contributed by atoms with Crippen LogP contribution in [0.3, 0.4) is 0 Å². The van der Waals surface area contributed by atoms with Gasteiger partial charge in [0, 0.05) is 16.2 Å². The molecule has 0 saturated carbocycles. The Bertz CT molecular complexity index is 864. The third-order valence-electron chi connectivity index (χ3n) is 2.92. The van der Waals surface area contributed by atoms with Crippen molar-refractivity contribution in [2.45, 2.75) is 0 Å². The first-order valence-electron chi connectivity index (χ1n) is 6.60. The first kappa shape index (κ1) is 15.9. The first-order chi connectivity index (χ1) is 11.1. The highest BCUT2D eigenvalue weighted by Gasteiger charge is 2.06. The quantitative estimate of drug-likeness (QED) is 0.571. The van der Waals surface area contributed by atoms with Gasteiger partial charge >= 0.3 is 6.01 Å². The molecule has 0 amide bonds. The number of benzene rings is 2. The summed E-state index contributed by atoms with van der Waals surface area (Å²) in [4.78, 5) is 0. The molecule has 0 bridgehead atoms. The van der Waals surface area contributed by atoms with Gasteiger partial charge in [0.2, 0.25) is 5.89 Å². The van der Waals surface area contributed by atoms with Gasteiger partial charge in [-0.3, -0.25) is 0 Å². The maximum atomic E-state index is 13.5. The lowest BCUT2D eigenvalue weighted by Crippen LogP contribution is -1.91. The normalized spacial score (nSPS) is 11.1. The monoisotopic (exact) mass is 437 g/mol. The van der Waals surface area contributed by atoms with Crippen LogP contribution in [-0.2, 0) is 0 Å². The van der Waals surface area contributed by atoms with E-state index in [0.29, 0.717) is 16.1 Å². The molecule has 0 fully saturated rings. The van der Waals surface area contributed by atoms with E-state index in [4.69, 9.17) is 4.42 Å². The van der Waals surface area contributed by atoms with Gasteiger partial charge in [0.05, 0.1) is 4.47 Å². The fourth-order valence-corrected chi connectivity index (χ4v) is 2.48. The molecular formula is C16H10Br2FN3O. The van der Waals surface area contributed by atoms with Crippen LogP contribution in [0, 0.1) is 5.82 Å². The van der Waals surface area contributed by atoms with Gasteiger partial charge in [-0.05, 0) is 51.8 Å². The zero-order valence-corrected chi connectivity index (χ0v) is 14.8. The second-order valence-electron chi connectivity index (χ2n) is 4.55. The molecule has 7 heteroatoms. The zero-order chi connectivity index (χ0) is 16.2. The Labute approximate surface area is 148 Å². The van der Waals surface area contributed by atoms with Crippen molar-refractivity contribution in [3.63, 3.8) is 0 Å². The van der Waals surface area contributed by atoms with Gasteiger partial charge in [-0.25, -0.2) is 4.39 Å². The molecule has 0 saturated heterocycles. The van der Waals surface area contributed by atoms with Crippen molar-refractivity contribution >= 4 is 55.7 Å². The lowest BCUT2D eigenvalue weighted by Gasteiger charge is -2.01. The van der Waals surface area contributed by atoms with Crippen LogP contribution in [0.4, 0.5) is 16.1 Å². The summed E-state index contributed by atoms with van der Waals surface area (Å²) in [7, 11) is 0. The third-order valence-corrected chi connectivity index (χ3v) is 4.29. The summed E-state index contributed by atoms with van der Waals surface area (Å²) in [5.74, 6) is -0.0237. The summed E-state index contributed by atoms with van der Waals surface area (Å²) in [6.45, 7) is 0. The smallest absolute Gasteiger partial charge is 0.320 e. The van der Waals surface area contributed by atoms with E-state index in [9.17, 15) is 4.39 Å². The summed E-state index contributed by atoms with van der Waals surface area (Å²) in [5, 5.41) is 10.6. The molecule has 1 N–H and O–H groups in total. The van der Waals surface area contributed by atoms with E-state index in [1.165, 1.54) is 6.07 Å². The van der Waals surface area contributed by atoms with Crippen molar-refractivity contribution in [3.05, 3.63) is 68.7 Å². The molecule has 3 aromatic rings. The van der Waals surface area contributed by atoms with Crippen molar-refractivity contribution < 1.29 is 8.81 Å². The van der Waals surface area contributed by atoms with Gasteiger partial charge in [-0.1, -0.05) is 39.2 Å². The zero-order valence-electron chi connectivity index (χ0n) is 11.6. The molecule has 116 valence electrons. The maximum absolute atomic E-state index is 13.5. The van der Waals surface area contributed by atoms with E-state index >= 15 is 0 Å². The van der Waals surface area contributed by atoms with Crippen LogP contribution in [0.15, 0.2) is 55.8 Å². The molecule has 0 radical (unpaired) electrons. The molecule has 0 spiro atoms. The highest BCUT2D eigenvalue weighted by atomic mass is 79.9. The number of nitrogens with zero attached hydrogens (tertiary/aromatic N) is 2. The van der Waals surface area contributed by atoms with Crippen LogP contribution in [0.25, 0.3) is 12.2 Å². The van der Waals surface area contributed by atoms with Crippen LogP contribution >= 0.6 is 31.9 Å². The fourth-order valence-electron chi connectivity index (χ4n) is 1.82. The van der Waals surface area contributed by atoms with E-state index in [2.05, 4.69) is 47.4 Å². The summed E-state index contributed by atoms with van der Waals surface area (Å²) in [6.07, 6.45) is 3.57. The van der Waals surface area contributed by atoms with Crippen LogP contribution in [-0.4, -0.2) is 10.2 Å². The van der Waals surface area contributed by atoms with Crippen LogP contribution in [0.2, 0.25) is 0 Å². The van der Waals surface area contributed by atoms with Crippen LogP contribution in [0.1, 0.15) is 11.5 Å². The Morgan fingerprint density at radius 2 is 1.83 bits per heavy atom. The second-order valence-corrected chi connectivity index (χ2v) is 6.26. The van der Waals surface area contributed by atoms with Crippen molar-refractivity contribution in [2.24, 2.45) is 0 Å². The number of rotatable bonds is 4. The summed E-state index contributed by atoms with van der Waals surface area (Å²) in [6, 6.07) is 12.6. The number of halogens is 3. The first-order valence-corrected chi connectivity index (χ1v) is 8.18. The molecule has 2 aromatic carbocycles. The summed E-state index contributed by atoms with van der Waals surface area (Å²) < 4.78 is 20.3. The molecular weight excluding hydrogens is 429 g/mol. The lowest BCUT2D eigenvalue weighted by atomic mass is 10.2. The Balaban J connectivity index is 1.73. The minimum Gasteiger partial charge on any atom is -0.404 e. The molecule has 1 aromatic heterocycles. The van der Waals surface area contributed by atoms with Gasteiger partial charge < -0.3 is 9.73 Å². The molecule has 0 aliphatic carbocycles. The number of nitrogens with one attached hydrogen (secondary N) is 1. The predicted molar refractivity (Wildman–Crippen MR) is 94.8 cm³/mol. The Hall–Kier alpha value is -1.99. The SMILES string of the molecule is Fc1cc(Nc2nnc(/C=C/c3ccccc3Br)o2)ccc1Br. The second kappa shape index (κ2) is 7.06. The van der Waals surface area contributed by atoms with Gasteiger partial charge in [-0.15, -0.1) is 5.10 Å².